The van der Waals surface area contributed by atoms with Crippen molar-refractivity contribution in [3.05, 3.63) is 41.5 Å². The van der Waals surface area contributed by atoms with Crippen LogP contribution in [0.3, 0.4) is 0 Å². The molecule has 0 spiro atoms. The number of nitrogens with zero attached hydrogens (tertiary/aromatic N) is 2. The third-order valence-electron chi connectivity index (χ3n) is 4.46. The molecule has 1 saturated carbocycles. The molecule has 1 aliphatic carbocycles. The second-order valence-electron chi connectivity index (χ2n) is 6.05. The molecule has 112 valence electrons. The van der Waals surface area contributed by atoms with Crippen LogP contribution in [0, 0.1) is 12.8 Å². The van der Waals surface area contributed by atoms with Crippen molar-refractivity contribution in [3.8, 4) is 0 Å². The monoisotopic (exact) mass is 285 g/mol. The summed E-state index contributed by atoms with van der Waals surface area (Å²) in [4.78, 5) is 4.55. The third kappa shape index (κ3) is 3.43. The normalized spacial score (nSPS) is 21.6. The zero-order valence-corrected chi connectivity index (χ0v) is 12.8. The Balaban J connectivity index is 1.57. The van der Waals surface area contributed by atoms with E-state index >= 15 is 0 Å². The van der Waals surface area contributed by atoms with E-state index in [9.17, 15) is 0 Å². The standard InChI is InChI=1S/C17H23N3O/c1-3-13-6-7-14(10-13)17-19-16(21-20-17)11-18-15-8-4-12(2)5-9-15/h4-5,8-9,13-14,18H,3,6-7,10-11H2,1-2H3. The highest BCUT2D eigenvalue weighted by Gasteiger charge is 2.28. The number of hydrogen-bond donors (Lipinski definition) is 1. The molecule has 0 aliphatic heterocycles. The maximum atomic E-state index is 5.37. The molecule has 2 aromatic rings. The van der Waals surface area contributed by atoms with Crippen molar-refractivity contribution in [1.29, 1.82) is 0 Å². The highest BCUT2D eigenvalue weighted by atomic mass is 16.5. The van der Waals surface area contributed by atoms with E-state index in [0.717, 1.165) is 17.4 Å². The van der Waals surface area contributed by atoms with E-state index < -0.39 is 0 Å². The molecule has 1 aliphatic rings. The summed E-state index contributed by atoms with van der Waals surface area (Å²) in [6.07, 6.45) is 4.96. The fourth-order valence-electron chi connectivity index (χ4n) is 3.04. The average molecular weight is 285 g/mol. The minimum Gasteiger partial charge on any atom is -0.376 e. The first kappa shape index (κ1) is 14.1. The topological polar surface area (TPSA) is 51.0 Å². The van der Waals surface area contributed by atoms with Crippen LogP contribution in [0.5, 0.6) is 0 Å². The van der Waals surface area contributed by atoms with Crippen LogP contribution in [-0.4, -0.2) is 10.1 Å². The lowest BCUT2D eigenvalue weighted by molar-refractivity contribution is 0.373. The van der Waals surface area contributed by atoms with Gasteiger partial charge in [0, 0.05) is 11.6 Å². The van der Waals surface area contributed by atoms with Crippen molar-refractivity contribution in [2.45, 2.75) is 52.0 Å². The van der Waals surface area contributed by atoms with Crippen LogP contribution >= 0.6 is 0 Å². The van der Waals surface area contributed by atoms with Gasteiger partial charge in [-0.2, -0.15) is 4.98 Å². The zero-order valence-electron chi connectivity index (χ0n) is 12.8. The van der Waals surface area contributed by atoms with Gasteiger partial charge < -0.3 is 9.84 Å². The Labute approximate surface area is 126 Å². The average Bonchev–Trinajstić information content (AvgIpc) is 3.15. The largest absolute Gasteiger partial charge is 0.376 e. The first-order chi connectivity index (χ1) is 10.2. The molecule has 0 amide bonds. The Morgan fingerprint density at radius 1 is 1.24 bits per heavy atom. The smallest absolute Gasteiger partial charge is 0.245 e. The number of aromatic nitrogens is 2. The molecule has 0 radical (unpaired) electrons. The van der Waals surface area contributed by atoms with Crippen LogP contribution < -0.4 is 5.32 Å². The Bertz CT molecular complexity index is 576. The van der Waals surface area contributed by atoms with Gasteiger partial charge in [0.25, 0.3) is 0 Å². The van der Waals surface area contributed by atoms with Crippen molar-refractivity contribution in [2.75, 3.05) is 5.32 Å². The molecular formula is C17H23N3O. The summed E-state index contributed by atoms with van der Waals surface area (Å²) >= 11 is 0. The molecule has 2 atom stereocenters. The summed E-state index contributed by atoms with van der Waals surface area (Å²) in [6, 6.07) is 8.31. The van der Waals surface area contributed by atoms with Gasteiger partial charge in [0.2, 0.25) is 5.89 Å². The summed E-state index contributed by atoms with van der Waals surface area (Å²) in [5, 5.41) is 7.48. The molecule has 1 aromatic carbocycles. The predicted molar refractivity (Wildman–Crippen MR) is 83.2 cm³/mol. The molecule has 2 unspecified atom stereocenters. The molecule has 3 rings (SSSR count). The number of anilines is 1. The van der Waals surface area contributed by atoms with E-state index in [2.05, 4.69) is 53.6 Å². The fourth-order valence-corrected chi connectivity index (χ4v) is 3.04. The SMILES string of the molecule is CCC1CCC(c2noc(CNc3ccc(C)cc3)n2)C1. The minimum absolute atomic E-state index is 0.492. The molecule has 4 nitrogen and oxygen atoms in total. The Kier molecular flexibility index (Phi) is 4.23. The minimum atomic E-state index is 0.492. The zero-order chi connectivity index (χ0) is 14.7. The van der Waals surface area contributed by atoms with Crippen molar-refractivity contribution in [2.24, 2.45) is 5.92 Å². The van der Waals surface area contributed by atoms with Gasteiger partial charge >= 0.3 is 0 Å². The van der Waals surface area contributed by atoms with Crippen molar-refractivity contribution >= 4 is 5.69 Å². The lowest BCUT2D eigenvalue weighted by Crippen LogP contribution is -2.01. The second kappa shape index (κ2) is 6.29. The van der Waals surface area contributed by atoms with Crippen LogP contribution in [-0.2, 0) is 6.54 Å². The number of rotatable bonds is 5. The van der Waals surface area contributed by atoms with Gasteiger partial charge in [-0.15, -0.1) is 0 Å². The Morgan fingerprint density at radius 3 is 2.76 bits per heavy atom. The van der Waals surface area contributed by atoms with E-state index in [0.29, 0.717) is 18.4 Å². The molecule has 1 aromatic heterocycles. The summed E-state index contributed by atoms with van der Waals surface area (Å²) in [7, 11) is 0. The molecule has 4 heteroatoms. The van der Waals surface area contributed by atoms with Crippen LogP contribution in [0.25, 0.3) is 0 Å². The quantitative estimate of drug-likeness (QED) is 0.890. The summed E-state index contributed by atoms with van der Waals surface area (Å²) in [5.74, 6) is 2.90. The van der Waals surface area contributed by atoms with Crippen molar-refractivity contribution < 1.29 is 4.52 Å². The predicted octanol–water partition coefficient (Wildman–Crippen LogP) is 4.28. The second-order valence-corrected chi connectivity index (χ2v) is 6.05. The van der Waals surface area contributed by atoms with Gasteiger partial charge in [0.1, 0.15) is 0 Å². The summed E-state index contributed by atoms with van der Waals surface area (Å²) < 4.78 is 5.37. The summed E-state index contributed by atoms with van der Waals surface area (Å²) in [5.41, 5.74) is 2.33. The highest BCUT2D eigenvalue weighted by molar-refractivity contribution is 5.44. The van der Waals surface area contributed by atoms with E-state index in [1.807, 2.05) is 0 Å². The summed E-state index contributed by atoms with van der Waals surface area (Å²) in [6.45, 7) is 4.93. The Morgan fingerprint density at radius 2 is 2.05 bits per heavy atom. The first-order valence-electron chi connectivity index (χ1n) is 7.87. The highest BCUT2D eigenvalue weighted by Crippen LogP contribution is 2.38. The number of aryl methyl sites for hydroxylation is 1. The van der Waals surface area contributed by atoms with Gasteiger partial charge in [-0.05, 0) is 44.2 Å². The van der Waals surface area contributed by atoms with E-state index in [-0.39, 0.29) is 0 Å². The van der Waals surface area contributed by atoms with E-state index in [1.165, 1.54) is 31.2 Å². The Hall–Kier alpha value is -1.84. The molecular weight excluding hydrogens is 262 g/mol. The molecule has 1 fully saturated rings. The number of hydrogen-bond acceptors (Lipinski definition) is 4. The fraction of sp³-hybridized carbons (Fsp3) is 0.529. The number of benzene rings is 1. The van der Waals surface area contributed by atoms with Gasteiger partial charge in [-0.3, -0.25) is 0 Å². The van der Waals surface area contributed by atoms with Crippen LogP contribution in [0.4, 0.5) is 5.69 Å². The number of nitrogens with one attached hydrogen (secondary N) is 1. The van der Waals surface area contributed by atoms with Gasteiger partial charge in [0.05, 0.1) is 6.54 Å². The van der Waals surface area contributed by atoms with Crippen LogP contribution in [0.15, 0.2) is 28.8 Å². The van der Waals surface area contributed by atoms with Gasteiger partial charge in [0.15, 0.2) is 5.82 Å². The van der Waals surface area contributed by atoms with E-state index in [1.54, 1.807) is 0 Å². The van der Waals surface area contributed by atoms with Crippen LogP contribution in [0.1, 0.15) is 55.8 Å². The molecule has 1 heterocycles. The van der Waals surface area contributed by atoms with Crippen LogP contribution in [0.2, 0.25) is 0 Å². The van der Waals surface area contributed by atoms with Crippen molar-refractivity contribution in [1.82, 2.24) is 10.1 Å². The lowest BCUT2D eigenvalue weighted by atomic mass is 10.0. The van der Waals surface area contributed by atoms with Gasteiger partial charge in [-0.1, -0.05) is 36.2 Å². The van der Waals surface area contributed by atoms with Crippen molar-refractivity contribution in [3.63, 3.8) is 0 Å². The van der Waals surface area contributed by atoms with E-state index in [4.69, 9.17) is 4.52 Å². The van der Waals surface area contributed by atoms with Gasteiger partial charge in [-0.25, -0.2) is 0 Å². The molecule has 0 saturated heterocycles. The molecule has 0 bridgehead atoms. The molecule has 1 N–H and O–H groups in total. The maximum Gasteiger partial charge on any atom is 0.245 e. The first-order valence-corrected chi connectivity index (χ1v) is 7.87. The maximum absolute atomic E-state index is 5.37. The molecule has 21 heavy (non-hydrogen) atoms. The third-order valence-corrected chi connectivity index (χ3v) is 4.46. The lowest BCUT2D eigenvalue weighted by Gasteiger charge is -2.04.